The van der Waals surface area contributed by atoms with Crippen molar-refractivity contribution in [2.75, 3.05) is 19.8 Å². The minimum Gasteiger partial charge on any atom is -0.506 e. The lowest BCUT2D eigenvalue weighted by molar-refractivity contribution is -0.120. The molecule has 1 aliphatic heterocycles. The Morgan fingerprint density at radius 1 is 1.14 bits per heavy atom. The number of phenolic OH excluding ortho intramolecular Hbond substituents is 1. The summed E-state index contributed by atoms with van der Waals surface area (Å²) in [4.78, 5) is 24.0. The number of carbonyl (C=O) groups is 2. The van der Waals surface area contributed by atoms with Crippen molar-refractivity contribution in [1.82, 2.24) is 10.7 Å². The van der Waals surface area contributed by atoms with Crippen LogP contribution in [0.15, 0.2) is 44.4 Å². The molecule has 0 radical (unpaired) electrons. The van der Waals surface area contributed by atoms with Crippen molar-refractivity contribution in [3.05, 3.63) is 50.4 Å². The van der Waals surface area contributed by atoms with Crippen LogP contribution in [-0.4, -0.2) is 42.9 Å². The standard InChI is InChI=1S/C18H15Br2N3O5/c19-12-5-11(17(25)13(20)7-12)8-22-23-16(24)9-21-18(26)10-1-2-14-15(6-10)28-4-3-27-14/h1-2,5-8,25H,3-4,9H2,(H,21,26)(H,23,24). The van der Waals surface area contributed by atoms with Crippen LogP contribution in [-0.2, 0) is 4.79 Å². The third kappa shape index (κ3) is 5.02. The van der Waals surface area contributed by atoms with Gasteiger partial charge in [0, 0.05) is 15.6 Å². The van der Waals surface area contributed by atoms with E-state index < -0.39 is 11.8 Å². The van der Waals surface area contributed by atoms with Crippen LogP contribution in [0, 0.1) is 0 Å². The van der Waals surface area contributed by atoms with E-state index in [4.69, 9.17) is 9.47 Å². The van der Waals surface area contributed by atoms with Gasteiger partial charge in [-0.3, -0.25) is 9.59 Å². The highest BCUT2D eigenvalue weighted by atomic mass is 79.9. The second kappa shape index (κ2) is 9.07. The van der Waals surface area contributed by atoms with Crippen LogP contribution in [0.25, 0.3) is 0 Å². The molecule has 10 heteroatoms. The molecule has 1 aliphatic rings. The molecule has 0 bridgehead atoms. The van der Waals surface area contributed by atoms with E-state index in [-0.39, 0.29) is 12.3 Å². The van der Waals surface area contributed by atoms with Gasteiger partial charge in [-0.15, -0.1) is 0 Å². The largest absolute Gasteiger partial charge is 0.506 e. The zero-order valence-corrected chi connectivity index (χ0v) is 17.5. The maximum absolute atomic E-state index is 12.2. The number of fused-ring (bicyclic) bond motifs is 1. The van der Waals surface area contributed by atoms with Crippen LogP contribution in [0.1, 0.15) is 15.9 Å². The Balaban J connectivity index is 1.52. The molecular weight excluding hydrogens is 498 g/mol. The lowest BCUT2D eigenvalue weighted by Crippen LogP contribution is -2.35. The van der Waals surface area contributed by atoms with Crippen molar-refractivity contribution in [3.8, 4) is 17.2 Å². The van der Waals surface area contributed by atoms with Crippen molar-refractivity contribution in [2.45, 2.75) is 0 Å². The van der Waals surface area contributed by atoms with Gasteiger partial charge in [-0.05, 0) is 46.3 Å². The zero-order chi connectivity index (χ0) is 20.1. The number of nitrogens with zero attached hydrogens (tertiary/aromatic N) is 1. The Morgan fingerprint density at radius 3 is 2.68 bits per heavy atom. The normalized spacial score (nSPS) is 12.6. The molecule has 2 aromatic carbocycles. The van der Waals surface area contributed by atoms with Crippen molar-refractivity contribution in [3.63, 3.8) is 0 Å². The molecule has 2 aromatic rings. The lowest BCUT2D eigenvalue weighted by atomic mass is 10.2. The summed E-state index contributed by atoms with van der Waals surface area (Å²) < 4.78 is 12.1. The fourth-order valence-corrected chi connectivity index (χ4v) is 3.60. The molecular formula is C18H15Br2N3O5. The molecule has 1 heterocycles. The minimum atomic E-state index is -0.518. The number of nitrogens with one attached hydrogen (secondary N) is 2. The van der Waals surface area contributed by atoms with Crippen molar-refractivity contribution < 1.29 is 24.2 Å². The molecule has 8 nitrogen and oxygen atoms in total. The monoisotopic (exact) mass is 511 g/mol. The van der Waals surface area contributed by atoms with Gasteiger partial charge in [-0.2, -0.15) is 5.10 Å². The maximum Gasteiger partial charge on any atom is 0.259 e. The van der Waals surface area contributed by atoms with E-state index in [0.29, 0.717) is 40.3 Å². The number of hydrogen-bond donors (Lipinski definition) is 3. The summed E-state index contributed by atoms with van der Waals surface area (Å²) in [6, 6.07) is 8.12. The molecule has 0 saturated heterocycles. The fraction of sp³-hybridized carbons (Fsp3) is 0.167. The Labute approximate surface area is 177 Å². The highest BCUT2D eigenvalue weighted by molar-refractivity contribution is 9.11. The summed E-state index contributed by atoms with van der Waals surface area (Å²) in [5.74, 6) is 0.124. The number of carbonyl (C=O) groups excluding carboxylic acids is 2. The Bertz CT molecular complexity index is 949. The first-order valence-corrected chi connectivity index (χ1v) is 9.70. The highest BCUT2D eigenvalue weighted by Crippen LogP contribution is 2.31. The fourth-order valence-electron chi connectivity index (χ4n) is 2.34. The van der Waals surface area contributed by atoms with E-state index >= 15 is 0 Å². The average Bonchev–Trinajstić information content (AvgIpc) is 2.69. The molecule has 146 valence electrons. The molecule has 0 spiro atoms. The molecule has 3 rings (SSSR count). The van der Waals surface area contributed by atoms with Crippen molar-refractivity contribution in [2.24, 2.45) is 5.10 Å². The topological polar surface area (TPSA) is 109 Å². The van der Waals surface area contributed by atoms with Gasteiger partial charge in [0.1, 0.15) is 19.0 Å². The van der Waals surface area contributed by atoms with Gasteiger partial charge in [0.05, 0.1) is 17.2 Å². The van der Waals surface area contributed by atoms with E-state index in [2.05, 4.69) is 47.7 Å². The van der Waals surface area contributed by atoms with E-state index in [1.54, 1.807) is 30.3 Å². The second-order valence-corrected chi connectivity index (χ2v) is 7.43. The van der Waals surface area contributed by atoms with Crippen LogP contribution in [0.2, 0.25) is 0 Å². The number of ether oxygens (including phenoxy) is 2. The zero-order valence-electron chi connectivity index (χ0n) is 14.4. The van der Waals surface area contributed by atoms with Crippen LogP contribution >= 0.6 is 31.9 Å². The average molecular weight is 513 g/mol. The molecule has 3 N–H and O–H groups in total. The Hall–Kier alpha value is -2.59. The van der Waals surface area contributed by atoms with E-state index in [1.807, 2.05) is 0 Å². The van der Waals surface area contributed by atoms with Gasteiger partial charge in [-0.25, -0.2) is 5.43 Å². The van der Waals surface area contributed by atoms with Gasteiger partial charge >= 0.3 is 0 Å². The number of hydrazone groups is 1. The number of hydrogen-bond acceptors (Lipinski definition) is 6. The Kier molecular flexibility index (Phi) is 6.53. The third-order valence-electron chi connectivity index (χ3n) is 3.66. The molecule has 0 saturated carbocycles. The van der Waals surface area contributed by atoms with Crippen LogP contribution in [0.3, 0.4) is 0 Å². The molecule has 0 unspecified atom stereocenters. The third-order valence-corrected chi connectivity index (χ3v) is 4.73. The summed E-state index contributed by atoms with van der Waals surface area (Å²) in [7, 11) is 0. The maximum atomic E-state index is 12.2. The molecule has 2 amide bonds. The minimum absolute atomic E-state index is 0.00638. The molecule has 0 fully saturated rings. The highest BCUT2D eigenvalue weighted by Gasteiger charge is 2.15. The molecule has 0 aromatic heterocycles. The molecule has 0 aliphatic carbocycles. The van der Waals surface area contributed by atoms with E-state index in [0.717, 1.165) is 4.47 Å². The van der Waals surface area contributed by atoms with E-state index in [9.17, 15) is 14.7 Å². The van der Waals surface area contributed by atoms with Gasteiger partial charge in [0.15, 0.2) is 11.5 Å². The summed E-state index contributed by atoms with van der Waals surface area (Å²) in [5, 5.41) is 16.2. The first-order chi connectivity index (χ1) is 13.4. The number of aromatic hydroxyl groups is 1. The van der Waals surface area contributed by atoms with Gasteiger partial charge < -0.3 is 19.9 Å². The van der Waals surface area contributed by atoms with Crippen LogP contribution in [0.4, 0.5) is 0 Å². The SMILES string of the molecule is O=C(CNC(=O)c1ccc2c(c1)OCCO2)NN=Cc1cc(Br)cc(Br)c1O. The number of amides is 2. The lowest BCUT2D eigenvalue weighted by Gasteiger charge is -2.18. The van der Waals surface area contributed by atoms with Gasteiger partial charge in [0.25, 0.3) is 11.8 Å². The van der Waals surface area contributed by atoms with Crippen LogP contribution in [0.5, 0.6) is 17.2 Å². The molecule has 28 heavy (non-hydrogen) atoms. The van der Waals surface area contributed by atoms with Crippen molar-refractivity contribution >= 4 is 49.9 Å². The predicted molar refractivity (Wildman–Crippen MR) is 109 cm³/mol. The number of rotatable bonds is 5. The predicted octanol–water partition coefficient (Wildman–Crippen LogP) is 2.57. The number of benzene rings is 2. The second-order valence-electron chi connectivity index (χ2n) is 5.66. The quantitative estimate of drug-likeness (QED) is 0.421. The first-order valence-electron chi connectivity index (χ1n) is 8.12. The Morgan fingerprint density at radius 2 is 1.89 bits per heavy atom. The van der Waals surface area contributed by atoms with Crippen molar-refractivity contribution in [1.29, 1.82) is 0 Å². The smallest absolute Gasteiger partial charge is 0.259 e. The summed E-state index contributed by atoms with van der Waals surface area (Å²) in [6.07, 6.45) is 1.30. The first kappa shape index (κ1) is 20.2. The van der Waals surface area contributed by atoms with Crippen LogP contribution < -0.4 is 20.2 Å². The number of halogens is 2. The van der Waals surface area contributed by atoms with E-state index in [1.165, 1.54) is 6.21 Å². The van der Waals surface area contributed by atoms with Gasteiger partial charge in [-0.1, -0.05) is 15.9 Å². The summed E-state index contributed by atoms with van der Waals surface area (Å²) >= 11 is 6.51. The molecule has 0 atom stereocenters. The van der Waals surface area contributed by atoms with Gasteiger partial charge in [0.2, 0.25) is 0 Å². The number of phenols is 1. The summed E-state index contributed by atoms with van der Waals surface area (Å²) in [6.45, 7) is 0.620. The summed E-state index contributed by atoms with van der Waals surface area (Å²) in [5.41, 5.74) is 3.04.